The van der Waals surface area contributed by atoms with Gasteiger partial charge in [0.05, 0.1) is 13.7 Å². The number of anilines is 1. The van der Waals surface area contributed by atoms with Crippen LogP contribution in [-0.2, 0) is 6.54 Å². The predicted octanol–water partition coefficient (Wildman–Crippen LogP) is 5.62. The molecule has 0 spiro atoms. The summed E-state index contributed by atoms with van der Waals surface area (Å²) in [4.78, 5) is 0. The molecule has 0 aromatic heterocycles. The number of ether oxygens (including phenoxy) is 2. The van der Waals surface area contributed by atoms with Crippen LogP contribution >= 0.6 is 15.9 Å². The number of fused-ring (bicyclic) bond motifs is 1. The second-order valence-electron chi connectivity index (χ2n) is 5.37. The molecule has 0 fully saturated rings. The van der Waals surface area contributed by atoms with Crippen LogP contribution in [0.5, 0.6) is 11.5 Å². The van der Waals surface area contributed by atoms with Crippen molar-refractivity contribution in [2.45, 2.75) is 13.5 Å². The Bertz CT molecular complexity index is 843. The molecule has 124 valence electrons. The molecule has 0 heterocycles. The van der Waals surface area contributed by atoms with Crippen LogP contribution in [0.1, 0.15) is 12.5 Å². The zero-order valence-electron chi connectivity index (χ0n) is 13.8. The third-order valence-electron chi connectivity index (χ3n) is 3.92. The van der Waals surface area contributed by atoms with Gasteiger partial charge >= 0.3 is 0 Å². The molecule has 0 bridgehead atoms. The van der Waals surface area contributed by atoms with Gasteiger partial charge in [-0.1, -0.05) is 52.3 Å². The minimum atomic E-state index is 0.591. The van der Waals surface area contributed by atoms with Crippen molar-refractivity contribution >= 4 is 32.4 Å². The quantitative estimate of drug-likeness (QED) is 0.596. The maximum atomic E-state index is 5.82. The Morgan fingerprint density at radius 3 is 2.58 bits per heavy atom. The van der Waals surface area contributed by atoms with E-state index in [1.54, 1.807) is 7.11 Å². The van der Waals surface area contributed by atoms with E-state index in [1.807, 2.05) is 19.1 Å². The average Bonchev–Trinajstić information content (AvgIpc) is 2.62. The molecule has 24 heavy (non-hydrogen) atoms. The molecule has 0 radical (unpaired) electrons. The predicted molar refractivity (Wildman–Crippen MR) is 103 cm³/mol. The Hall–Kier alpha value is -2.20. The van der Waals surface area contributed by atoms with Crippen molar-refractivity contribution in [3.05, 3.63) is 64.6 Å². The van der Waals surface area contributed by atoms with Gasteiger partial charge in [0.2, 0.25) is 0 Å². The lowest BCUT2D eigenvalue weighted by Gasteiger charge is -2.17. The summed E-state index contributed by atoms with van der Waals surface area (Å²) < 4.78 is 12.3. The van der Waals surface area contributed by atoms with Crippen molar-refractivity contribution < 1.29 is 9.47 Å². The highest BCUT2D eigenvalue weighted by molar-refractivity contribution is 9.10. The number of nitrogens with one attached hydrogen (secondary N) is 1. The van der Waals surface area contributed by atoms with Crippen LogP contribution in [0.2, 0.25) is 0 Å². The molecule has 0 aliphatic rings. The largest absolute Gasteiger partial charge is 0.493 e. The fourth-order valence-corrected chi connectivity index (χ4v) is 3.23. The molecule has 0 saturated heterocycles. The van der Waals surface area contributed by atoms with Gasteiger partial charge in [0, 0.05) is 27.7 Å². The van der Waals surface area contributed by atoms with Crippen LogP contribution < -0.4 is 14.8 Å². The lowest BCUT2D eigenvalue weighted by atomic mass is 10.1. The monoisotopic (exact) mass is 385 g/mol. The smallest absolute Gasteiger partial charge is 0.167 e. The zero-order valence-corrected chi connectivity index (χ0v) is 15.4. The van der Waals surface area contributed by atoms with Gasteiger partial charge < -0.3 is 14.8 Å². The molecule has 0 unspecified atom stereocenters. The molecular formula is C20H20BrNO2. The molecule has 3 aromatic rings. The normalized spacial score (nSPS) is 10.6. The van der Waals surface area contributed by atoms with Gasteiger partial charge in [0.15, 0.2) is 11.5 Å². The van der Waals surface area contributed by atoms with Crippen LogP contribution in [0.15, 0.2) is 59.1 Å². The first-order chi connectivity index (χ1) is 11.7. The molecule has 3 aromatic carbocycles. The summed E-state index contributed by atoms with van der Waals surface area (Å²) in [5, 5.41) is 5.95. The third kappa shape index (κ3) is 3.34. The molecule has 4 heteroatoms. The maximum absolute atomic E-state index is 5.82. The van der Waals surface area contributed by atoms with Gasteiger partial charge in [0.25, 0.3) is 0 Å². The summed E-state index contributed by atoms with van der Waals surface area (Å²) >= 11 is 3.63. The van der Waals surface area contributed by atoms with E-state index in [0.717, 1.165) is 27.2 Å². The Labute approximate surface area is 150 Å². The van der Waals surface area contributed by atoms with Crippen molar-refractivity contribution in [3.63, 3.8) is 0 Å². The van der Waals surface area contributed by atoms with Crippen LogP contribution in [0.25, 0.3) is 10.8 Å². The summed E-state index contributed by atoms with van der Waals surface area (Å²) in [7, 11) is 1.66. The number of methoxy groups -OCH3 is 1. The molecular weight excluding hydrogens is 366 g/mol. The van der Waals surface area contributed by atoms with E-state index in [1.165, 1.54) is 10.8 Å². The van der Waals surface area contributed by atoms with Crippen LogP contribution in [-0.4, -0.2) is 13.7 Å². The van der Waals surface area contributed by atoms with Gasteiger partial charge in [-0.2, -0.15) is 0 Å². The standard InChI is InChI=1S/C20H20BrNO2/c1-3-24-20-16(17(21)11-12-19(20)23-2)13-22-18-10-6-8-14-7-4-5-9-15(14)18/h4-12,22H,3,13H2,1-2H3. The van der Waals surface area contributed by atoms with E-state index in [9.17, 15) is 0 Å². The van der Waals surface area contributed by atoms with Crippen LogP contribution in [0, 0.1) is 0 Å². The Kier molecular flexibility index (Phi) is 5.26. The van der Waals surface area contributed by atoms with Crippen molar-refractivity contribution in [3.8, 4) is 11.5 Å². The highest BCUT2D eigenvalue weighted by Crippen LogP contribution is 2.37. The Morgan fingerprint density at radius 2 is 1.79 bits per heavy atom. The van der Waals surface area contributed by atoms with Gasteiger partial charge in [-0.25, -0.2) is 0 Å². The molecule has 3 rings (SSSR count). The van der Waals surface area contributed by atoms with E-state index in [0.29, 0.717) is 13.2 Å². The van der Waals surface area contributed by atoms with Crippen LogP contribution in [0.3, 0.4) is 0 Å². The second-order valence-corrected chi connectivity index (χ2v) is 6.22. The first-order valence-corrected chi connectivity index (χ1v) is 8.73. The molecule has 0 aliphatic carbocycles. The maximum Gasteiger partial charge on any atom is 0.167 e. The summed E-state index contributed by atoms with van der Waals surface area (Å²) in [5.74, 6) is 1.52. The third-order valence-corrected chi connectivity index (χ3v) is 4.66. The molecule has 3 nitrogen and oxygen atoms in total. The topological polar surface area (TPSA) is 30.5 Å². The minimum absolute atomic E-state index is 0.591. The lowest BCUT2D eigenvalue weighted by molar-refractivity contribution is 0.307. The Morgan fingerprint density at radius 1 is 1.00 bits per heavy atom. The number of hydrogen-bond donors (Lipinski definition) is 1. The first kappa shape index (κ1) is 16.7. The fraction of sp³-hybridized carbons (Fsp3) is 0.200. The summed E-state index contributed by atoms with van der Waals surface area (Å²) in [6, 6.07) is 18.5. The highest BCUT2D eigenvalue weighted by atomic mass is 79.9. The van der Waals surface area contributed by atoms with Gasteiger partial charge in [-0.05, 0) is 30.5 Å². The summed E-state index contributed by atoms with van der Waals surface area (Å²) in [6.45, 7) is 3.21. The highest BCUT2D eigenvalue weighted by Gasteiger charge is 2.14. The molecule has 0 aliphatic heterocycles. The SMILES string of the molecule is CCOc1c(OC)ccc(Br)c1CNc1cccc2ccccc12. The summed E-state index contributed by atoms with van der Waals surface area (Å²) in [6.07, 6.45) is 0. The van der Waals surface area contributed by atoms with E-state index in [-0.39, 0.29) is 0 Å². The average molecular weight is 386 g/mol. The number of hydrogen-bond acceptors (Lipinski definition) is 3. The summed E-state index contributed by atoms with van der Waals surface area (Å²) in [5.41, 5.74) is 2.15. The first-order valence-electron chi connectivity index (χ1n) is 7.94. The van der Waals surface area contributed by atoms with Gasteiger partial charge in [-0.15, -0.1) is 0 Å². The number of rotatable bonds is 6. The van der Waals surface area contributed by atoms with E-state index in [4.69, 9.17) is 9.47 Å². The molecule has 1 N–H and O–H groups in total. The van der Waals surface area contributed by atoms with Gasteiger partial charge in [0.1, 0.15) is 0 Å². The zero-order chi connectivity index (χ0) is 16.9. The number of halogens is 1. The second kappa shape index (κ2) is 7.58. The molecule has 0 atom stereocenters. The lowest BCUT2D eigenvalue weighted by Crippen LogP contribution is -2.06. The van der Waals surface area contributed by atoms with E-state index >= 15 is 0 Å². The number of benzene rings is 3. The van der Waals surface area contributed by atoms with Gasteiger partial charge in [-0.3, -0.25) is 0 Å². The Balaban J connectivity index is 1.94. The van der Waals surface area contributed by atoms with Crippen molar-refractivity contribution in [1.29, 1.82) is 0 Å². The van der Waals surface area contributed by atoms with Crippen molar-refractivity contribution in [2.75, 3.05) is 19.0 Å². The van der Waals surface area contributed by atoms with E-state index < -0.39 is 0 Å². The van der Waals surface area contributed by atoms with Crippen molar-refractivity contribution in [1.82, 2.24) is 0 Å². The van der Waals surface area contributed by atoms with E-state index in [2.05, 4.69) is 63.7 Å². The fourth-order valence-electron chi connectivity index (χ4n) is 2.77. The minimum Gasteiger partial charge on any atom is -0.493 e. The van der Waals surface area contributed by atoms with Crippen molar-refractivity contribution in [2.24, 2.45) is 0 Å². The molecule has 0 amide bonds. The molecule has 0 saturated carbocycles. The van der Waals surface area contributed by atoms with Crippen LogP contribution in [0.4, 0.5) is 5.69 Å².